The highest BCUT2D eigenvalue weighted by Crippen LogP contribution is 2.50. The number of alkyl halides is 2. The molecule has 8 heteroatoms. The summed E-state index contributed by atoms with van der Waals surface area (Å²) in [6.07, 6.45) is 0. The van der Waals surface area contributed by atoms with Crippen LogP contribution in [0.25, 0.3) is 0 Å². The molecule has 1 aliphatic rings. The van der Waals surface area contributed by atoms with E-state index in [9.17, 15) is 0 Å². The van der Waals surface area contributed by atoms with Crippen molar-refractivity contribution in [1.29, 1.82) is 0 Å². The number of hydrogen-bond donors (Lipinski definition) is 0. The van der Waals surface area contributed by atoms with E-state index in [1.165, 1.54) is 0 Å². The first kappa shape index (κ1) is 14.2. The molecule has 0 radical (unpaired) electrons. The van der Waals surface area contributed by atoms with Gasteiger partial charge in [0.2, 0.25) is 5.79 Å². The topological polar surface area (TPSA) is 18.5 Å². The zero-order chi connectivity index (χ0) is 11.6. The van der Waals surface area contributed by atoms with E-state index in [-0.39, 0.29) is 32.3 Å². The van der Waals surface area contributed by atoms with Gasteiger partial charge in [0, 0.05) is 0 Å². The van der Waals surface area contributed by atoms with Gasteiger partial charge in [-0.15, -0.1) is 0 Å². The summed E-state index contributed by atoms with van der Waals surface area (Å²) in [7, 11) is 0. The van der Waals surface area contributed by atoms with Crippen LogP contribution in [0.5, 0.6) is 0 Å². The molecule has 0 spiro atoms. The van der Waals surface area contributed by atoms with Crippen molar-refractivity contribution in [2.45, 2.75) is 5.79 Å². The summed E-state index contributed by atoms with van der Waals surface area (Å²) in [4.78, 5) is 0. The van der Waals surface area contributed by atoms with Crippen LogP contribution in [0, 0.1) is 0 Å². The predicted molar refractivity (Wildman–Crippen MR) is 63.8 cm³/mol. The van der Waals surface area contributed by atoms with E-state index in [0.717, 1.165) is 0 Å². The molecule has 0 atom stereocenters. The maximum atomic E-state index is 5.90. The quantitative estimate of drug-likeness (QED) is 0.557. The van der Waals surface area contributed by atoms with Crippen molar-refractivity contribution in [3.63, 3.8) is 0 Å². The molecule has 0 bridgehead atoms. The third kappa shape index (κ3) is 2.38. The second-order valence-corrected chi connectivity index (χ2v) is 4.33. The van der Waals surface area contributed by atoms with Crippen LogP contribution in [-0.4, -0.2) is 17.9 Å². The fourth-order valence-corrected chi connectivity index (χ4v) is 2.51. The van der Waals surface area contributed by atoms with Gasteiger partial charge in [-0.25, -0.2) is 0 Å². The Balaban J connectivity index is 3.19. The summed E-state index contributed by atoms with van der Waals surface area (Å²) < 4.78 is 10.2. The normalized spacial score (nSPS) is 20.4. The fraction of sp³-hybridized carbons (Fsp3) is 0.429. The molecule has 1 aliphatic carbocycles. The molecular weight excluding hydrogens is 329 g/mol. The van der Waals surface area contributed by atoms with Crippen LogP contribution in [0.4, 0.5) is 0 Å². The zero-order valence-corrected chi connectivity index (χ0v) is 11.5. The van der Waals surface area contributed by atoms with Crippen molar-refractivity contribution < 1.29 is 9.47 Å². The molecule has 0 saturated carbocycles. The molecule has 0 heterocycles. The van der Waals surface area contributed by atoms with Crippen molar-refractivity contribution in [2.75, 3.05) is 12.1 Å². The maximum absolute atomic E-state index is 5.90. The average molecular weight is 333 g/mol. The lowest BCUT2D eigenvalue weighted by molar-refractivity contribution is -0.151. The van der Waals surface area contributed by atoms with Gasteiger partial charge in [0.1, 0.15) is 22.2 Å². The Morgan fingerprint density at radius 2 is 1.13 bits per heavy atom. The van der Waals surface area contributed by atoms with Crippen LogP contribution in [0.3, 0.4) is 0 Å². The highest BCUT2D eigenvalue weighted by molar-refractivity contribution is 6.53. The van der Waals surface area contributed by atoms with Gasteiger partial charge in [0.05, 0.1) is 10.1 Å². The first-order chi connectivity index (χ1) is 7.01. The van der Waals surface area contributed by atoms with Crippen molar-refractivity contribution in [3.8, 4) is 0 Å². The molecule has 86 valence electrons. The van der Waals surface area contributed by atoms with Gasteiger partial charge in [-0.2, -0.15) is 0 Å². The zero-order valence-electron chi connectivity index (χ0n) is 7.00. The molecule has 15 heavy (non-hydrogen) atoms. The molecule has 1 rings (SSSR count). The molecule has 2 nitrogen and oxygen atoms in total. The van der Waals surface area contributed by atoms with Gasteiger partial charge in [-0.05, 0) is 0 Å². The van der Waals surface area contributed by atoms with Crippen molar-refractivity contribution in [2.24, 2.45) is 0 Å². The minimum Gasteiger partial charge on any atom is -0.324 e. The molecule has 0 saturated heterocycles. The Morgan fingerprint density at radius 3 is 1.40 bits per heavy atom. The lowest BCUT2D eigenvalue weighted by Gasteiger charge is -2.28. The highest BCUT2D eigenvalue weighted by Gasteiger charge is 2.48. The second-order valence-electron chi connectivity index (χ2n) is 2.38. The first-order valence-corrected chi connectivity index (χ1v) is 6.11. The average Bonchev–Trinajstić information content (AvgIpc) is 2.36. The largest absolute Gasteiger partial charge is 0.324 e. The smallest absolute Gasteiger partial charge is 0.249 e. The van der Waals surface area contributed by atoms with E-state index < -0.39 is 5.79 Å². The molecule has 0 aliphatic heterocycles. The van der Waals surface area contributed by atoms with E-state index in [1.807, 2.05) is 0 Å². The van der Waals surface area contributed by atoms with Crippen molar-refractivity contribution >= 4 is 69.6 Å². The number of hydrogen-bond acceptors (Lipinski definition) is 2. The highest BCUT2D eigenvalue weighted by atomic mass is 35.5. The number of allylic oxidation sites excluding steroid dienone is 2. The van der Waals surface area contributed by atoms with Gasteiger partial charge in [-0.3, -0.25) is 0 Å². The van der Waals surface area contributed by atoms with Crippen LogP contribution < -0.4 is 0 Å². The Labute approximate surface area is 117 Å². The Kier molecular flexibility index (Phi) is 5.35. The molecule has 0 N–H and O–H groups in total. The number of ether oxygens (including phenoxy) is 2. The molecule has 0 aromatic heterocycles. The summed E-state index contributed by atoms with van der Waals surface area (Å²) in [6, 6.07) is -0.421. The van der Waals surface area contributed by atoms with Crippen LogP contribution in [-0.2, 0) is 9.47 Å². The lowest BCUT2D eigenvalue weighted by atomic mass is 10.3. The summed E-state index contributed by atoms with van der Waals surface area (Å²) in [5.41, 5.74) is 0. The summed E-state index contributed by atoms with van der Waals surface area (Å²) >= 11 is 34.3. The third-order valence-corrected chi connectivity index (χ3v) is 3.81. The van der Waals surface area contributed by atoms with E-state index in [4.69, 9.17) is 79.1 Å². The van der Waals surface area contributed by atoms with Gasteiger partial charge < -0.3 is 9.47 Å². The first-order valence-electron chi connectivity index (χ1n) is 3.53. The minimum atomic E-state index is -1.58. The third-order valence-electron chi connectivity index (χ3n) is 1.67. The second kappa shape index (κ2) is 5.65. The van der Waals surface area contributed by atoms with E-state index in [1.54, 1.807) is 0 Å². The number of halogens is 6. The van der Waals surface area contributed by atoms with Crippen LogP contribution in [0.2, 0.25) is 0 Å². The fourth-order valence-electron chi connectivity index (χ4n) is 1.03. The molecule has 0 aromatic carbocycles. The van der Waals surface area contributed by atoms with Gasteiger partial charge in [0.15, 0.2) is 0 Å². The van der Waals surface area contributed by atoms with E-state index in [0.29, 0.717) is 0 Å². The molecule has 0 fully saturated rings. The van der Waals surface area contributed by atoms with Crippen LogP contribution in [0.1, 0.15) is 0 Å². The van der Waals surface area contributed by atoms with Gasteiger partial charge in [0.25, 0.3) is 0 Å². The van der Waals surface area contributed by atoms with Crippen LogP contribution >= 0.6 is 69.6 Å². The molecule has 0 amide bonds. The lowest BCUT2D eigenvalue weighted by Crippen LogP contribution is -2.35. The maximum Gasteiger partial charge on any atom is 0.249 e. The number of rotatable bonds is 4. The van der Waals surface area contributed by atoms with Crippen molar-refractivity contribution in [3.05, 3.63) is 20.1 Å². The Morgan fingerprint density at radius 1 is 0.800 bits per heavy atom. The molecular formula is C7H4Cl6O2. The standard InChI is InChI=1S/C7H4Cl6O2/c8-1-14-7(15-2-9)5(12)3(10)4(11)6(7)13/h1-2H2. The summed E-state index contributed by atoms with van der Waals surface area (Å²) in [5, 5.41) is 0.109. The van der Waals surface area contributed by atoms with Gasteiger partial charge >= 0.3 is 0 Å². The molecule has 0 unspecified atom stereocenters. The Bertz CT molecular complexity index is 291. The van der Waals surface area contributed by atoms with Crippen molar-refractivity contribution in [1.82, 2.24) is 0 Å². The SMILES string of the molecule is ClCOC1(OCCl)C(Cl)=C(Cl)C(Cl)=C1Cl. The van der Waals surface area contributed by atoms with Gasteiger partial charge in [-0.1, -0.05) is 69.6 Å². The van der Waals surface area contributed by atoms with E-state index >= 15 is 0 Å². The summed E-state index contributed by atoms with van der Waals surface area (Å²) in [5.74, 6) is -1.58. The molecule has 0 aromatic rings. The summed E-state index contributed by atoms with van der Waals surface area (Å²) in [6.45, 7) is 0. The van der Waals surface area contributed by atoms with E-state index in [2.05, 4.69) is 0 Å². The minimum absolute atomic E-state index is 0.000432. The van der Waals surface area contributed by atoms with Crippen LogP contribution in [0.15, 0.2) is 20.1 Å². The predicted octanol–water partition coefficient (Wildman–Crippen LogP) is 4.50. The monoisotopic (exact) mass is 330 g/mol. The Hall–Kier alpha value is 1.14.